The Morgan fingerprint density at radius 1 is 0.949 bits per heavy atom. The molecular formula is C30H38N6O3. The molecule has 3 heterocycles. The lowest BCUT2D eigenvalue weighted by Crippen LogP contribution is -2.42. The number of fused-ring (bicyclic) bond motifs is 1. The van der Waals surface area contributed by atoms with Crippen LogP contribution in [0.25, 0.3) is 11.0 Å². The topological polar surface area (TPSA) is 108 Å². The number of pyridine rings is 1. The number of benzene rings is 2. The highest BCUT2D eigenvalue weighted by Gasteiger charge is 2.18. The summed E-state index contributed by atoms with van der Waals surface area (Å²) in [5, 5.41) is 28.1. The maximum absolute atomic E-state index is 10.7. The number of aryl methyl sites for hydroxylation is 3. The Bertz CT molecular complexity index is 1410. The van der Waals surface area contributed by atoms with Crippen LogP contribution in [0.3, 0.4) is 0 Å². The number of hydrogen-bond donors (Lipinski definition) is 4. The molecule has 1 fully saturated rings. The Morgan fingerprint density at radius 3 is 2.49 bits per heavy atom. The second-order valence-electron chi connectivity index (χ2n) is 10.4. The first-order valence-corrected chi connectivity index (χ1v) is 13.5. The average molecular weight is 531 g/mol. The van der Waals surface area contributed by atoms with E-state index in [4.69, 9.17) is 9.72 Å². The summed E-state index contributed by atoms with van der Waals surface area (Å²) in [5.74, 6) is 0.779. The van der Waals surface area contributed by atoms with Crippen LogP contribution in [0.1, 0.15) is 28.1 Å². The predicted octanol–water partition coefficient (Wildman–Crippen LogP) is 3.83. The fraction of sp³-hybridized carbons (Fsp3) is 0.400. The molecule has 1 atom stereocenters. The van der Waals surface area contributed by atoms with Crippen LogP contribution in [0, 0.1) is 20.8 Å². The van der Waals surface area contributed by atoms with E-state index in [0.717, 1.165) is 41.1 Å². The molecule has 5 rings (SSSR count). The number of nitrogens with one attached hydrogen (secondary N) is 2. The molecule has 1 aliphatic heterocycles. The first kappa shape index (κ1) is 26.9. The lowest BCUT2D eigenvalue weighted by Gasteiger charge is -2.28. The number of nitrogens with zero attached hydrogens (tertiary/aromatic N) is 4. The molecular weight excluding hydrogens is 492 g/mol. The summed E-state index contributed by atoms with van der Waals surface area (Å²) in [6.45, 7) is 11.1. The first-order chi connectivity index (χ1) is 18.8. The molecule has 0 aliphatic carbocycles. The van der Waals surface area contributed by atoms with Gasteiger partial charge in [-0.25, -0.2) is 4.98 Å². The highest BCUT2D eigenvalue weighted by atomic mass is 16.5. The number of imidazole rings is 1. The van der Waals surface area contributed by atoms with Crippen molar-refractivity contribution in [2.75, 3.05) is 50.0 Å². The van der Waals surface area contributed by atoms with E-state index in [-0.39, 0.29) is 5.75 Å². The zero-order chi connectivity index (χ0) is 27.4. The monoisotopic (exact) mass is 530 g/mol. The number of aliphatic hydroxyl groups is 1. The van der Waals surface area contributed by atoms with E-state index < -0.39 is 6.10 Å². The number of aromatic hydroxyl groups is 1. The Balaban J connectivity index is 1.39. The fourth-order valence-corrected chi connectivity index (χ4v) is 5.08. The van der Waals surface area contributed by atoms with Gasteiger partial charge in [-0.3, -0.25) is 9.88 Å². The molecule has 0 saturated carbocycles. The number of β-amino-alcohol motifs (C(OH)–C–C–N with tert-alkyl or cyclic N) is 1. The van der Waals surface area contributed by atoms with Crippen LogP contribution in [0.5, 0.6) is 5.75 Å². The predicted molar refractivity (Wildman–Crippen MR) is 154 cm³/mol. The molecule has 9 nitrogen and oxygen atoms in total. The Labute approximate surface area is 229 Å². The summed E-state index contributed by atoms with van der Waals surface area (Å²) in [6, 6.07) is 16.1. The molecule has 206 valence electrons. The van der Waals surface area contributed by atoms with Crippen molar-refractivity contribution in [3.63, 3.8) is 0 Å². The van der Waals surface area contributed by atoms with Gasteiger partial charge in [-0.1, -0.05) is 12.1 Å². The highest BCUT2D eigenvalue weighted by Crippen LogP contribution is 2.26. The molecule has 39 heavy (non-hydrogen) atoms. The number of rotatable bonds is 10. The van der Waals surface area contributed by atoms with E-state index in [2.05, 4.69) is 64.7 Å². The zero-order valence-corrected chi connectivity index (χ0v) is 22.9. The number of ether oxygens (including phenoxy) is 1. The van der Waals surface area contributed by atoms with Crippen molar-refractivity contribution in [3.8, 4) is 5.75 Å². The Morgan fingerprint density at radius 2 is 1.72 bits per heavy atom. The van der Waals surface area contributed by atoms with Crippen molar-refractivity contribution in [3.05, 3.63) is 76.6 Å². The molecule has 0 spiro atoms. The third-order valence-electron chi connectivity index (χ3n) is 7.00. The summed E-state index contributed by atoms with van der Waals surface area (Å²) in [7, 11) is 0. The van der Waals surface area contributed by atoms with E-state index in [1.54, 1.807) is 12.1 Å². The van der Waals surface area contributed by atoms with E-state index in [0.29, 0.717) is 51.0 Å². The summed E-state index contributed by atoms with van der Waals surface area (Å²) in [5.41, 5.74) is 7.83. The van der Waals surface area contributed by atoms with Crippen molar-refractivity contribution in [2.45, 2.75) is 40.0 Å². The SMILES string of the molecule is Cc1cc(C)cc(NCc2ccc3nc(NCC(O)CN4CCOCC4)n(Cc4nc(C)ccc4O)c3c2)c1. The first-order valence-electron chi connectivity index (χ1n) is 13.5. The van der Waals surface area contributed by atoms with Crippen LogP contribution in [0.2, 0.25) is 0 Å². The van der Waals surface area contributed by atoms with Crippen LogP contribution < -0.4 is 10.6 Å². The van der Waals surface area contributed by atoms with Crippen molar-refractivity contribution in [1.82, 2.24) is 19.4 Å². The second-order valence-corrected chi connectivity index (χ2v) is 10.4. The van der Waals surface area contributed by atoms with Crippen molar-refractivity contribution in [2.24, 2.45) is 0 Å². The van der Waals surface area contributed by atoms with Crippen LogP contribution in [0.15, 0.2) is 48.5 Å². The fourth-order valence-electron chi connectivity index (χ4n) is 5.08. The minimum Gasteiger partial charge on any atom is -0.506 e. The van der Waals surface area contributed by atoms with Gasteiger partial charge in [0.2, 0.25) is 5.95 Å². The molecule has 2 aromatic carbocycles. The largest absolute Gasteiger partial charge is 0.506 e. The van der Waals surface area contributed by atoms with Crippen LogP contribution >= 0.6 is 0 Å². The maximum Gasteiger partial charge on any atom is 0.204 e. The van der Waals surface area contributed by atoms with E-state index in [1.807, 2.05) is 17.6 Å². The van der Waals surface area contributed by atoms with E-state index >= 15 is 0 Å². The number of hydrogen-bond acceptors (Lipinski definition) is 8. The zero-order valence-electron chi connectivity index (χ0n) is 22.9. The summed E-state index contributed by atoms with van der Waals surface area (Å²) >= 11 is 0. The Kier molecular flexibility index (Phi) is 8.30. The molecule has 4 aromatic rings. The standard InChI is InChI=1S/C30H38N6O3/c1-20-12-21(2)14-24(13-20)31-16-23-5-6-26-28(15-23)36(19-27-29(38)7-4-22(3)33-27)30(34-26)32-17-25(37)18-35-8-10-39-11-9-35/h4-7,12-15,25,31,37-38H,8-11,16-19H2,1-3H3,(H,32,34). The number of morpholine rings is 1. The van der Waals surface area contributed by atoms with E-state index in [1.165, 1.54) is 11.1 Å². The van der Waals surface area contributed by atoms with Gasteiger partial charge in [0.25, 0.3) is 0 Å². The van der Waals surface area contributed by atoms with Gasteiger partial charge >= 0.3 is 0 Å². The molecule has 4 N–H and O–H groups in total. The minimum absolute atomic E-state index is 0.147. The van der Waals surface area contributed by atoms with Crippen molar-refractivity contribution in [1.29, 1.82) is 0 Å². The van der Waals surface area contributed by atoms with Gasteiger partial charge in [0.05, 0.1) is 36.9 Å². The smallest absolute Gasteiger partial charge is 0.204 e. The minimum atomic E-state index is -0.556. The number of anilines is 2. The Hall–Kier alpha value is -3.66. The van der Waals surface area contributed by atoms with Crippen LogP contribution in [-0.4, -0.2) is 75.1 Å². The summed E-state index contributed by atoms with van der Waals surface area (Å²) < 4.78 is 7.44. The van der Waals surface area contributed by atoms with E-state index in [9.17, 15) is 10.2 Å². The lowest BCUT2D eigenvalue weighted by atomic mass is 10.1. The van der Waals surface area contributed by atoms with Crippen LogP contribution in [0.4, 0.5) is 11.6 Å². The molecule has 0 bridgehead atoms. The van der Waals surface area contributed by atoms with Gasteiger partial charge in [-0.05, 0) is 73.9 Å². The van der Waals surface area contributed by atoms with Crippen molar-refractivity contribution < 1.29 is 14.9 Å². The summed E-state index contributed by atoms with van der Waals surface area (Å²) in [4.78, 5) is 11.6. The molecule has 0 amide bonds. The van der Waals surface area contributed by atoms with Gasteiger partial charge in [0, 0.05) is 44.1 Å². The summed E-state index contributed by atoms with van der Waals surface area (Å²) in [6.07, 6.45) is -0.556. The van der Waals surface area contributed by atoms with Gasteiger partial charge in [-0.15, -0.1) is 0 Å². The third kappa shape index (κ3) is 6.86. The quantitative estimate of drug-likeness (QED) is 0.245. The normalized spacial score (nSPS) is 15.0. The molecule has 2 aromatic heterocycles. The third-order valence-corrected chi connectivity index (χ3v) is 7.00. The maximum atomic E-state index is 10.7. The molecule has 1 unspecified atom stereocenters. The molecule has 9 heteroatoms. The molecule has 0 radical (unpaired) electrons. The molecule has 1 aliphatic rings. The lowest BCUT2D eigenvalue weighted by molar-refractivity contribution is 0.0171. The second kappa shape index (κ2) is 12.0. The number of aromatic nitrogens is 3. The molecule has 1 saturated heterocycles. The number of aliphatic hydroxyl groups excluding tert-OH is 1. The van der Waals surface area contributed by atoms with Gasteiger partial charge < -0.3 is 30.2 Å². The van der Waals surface area contributed by atoms with Gasteiger partial charge in [0.15, 0.2) is 0 Å². The van der Waals surface area contributed by atoms with Gasteiger partial charge in [-0.2, -0.15) is 0 Å². The van der Waals surface area contributed by atoms with Gasteiger partial charge in [0.1, 0.15) is 11.4 Å². The van der Waals surface area contributed by atoms with Crippen LogP contribution in [-0.2, 0) is 17.8 Å². The highest BCUT2D eigenvalue weighted by molar-refractivity contribution is 5.80. The van der Waals surface area contributed by atoms with Crippen molar-refractivity contribution >= 4 is 22.7 Å². The average Bonchev–Trinajstić information content (AvgIpc) is 3.25.